The molecule has 98 valence electrons. The first-order chi connectivity index (χ1) is 7.84. The van der Waals surface area contributed by atoms with Gasteiger partial charge in [-0.2, -0.15) is 5.10 Å². The van der Waals surface area contributed by atoms with Gasteiger partial charge in [-0.3, -0.25) is 4.68 Å². The van der Waals surface area contributed by atoms with Crippen molar-refractivity contribution < 1.29 is 9.84 Å². The topological polar surface area (TPSA) is 47.3 Å². The van der Waals surface area contributed by atoms with Crippen LogP contribution >= 0.6 is 0 Å². The third kappa shape index (κ3) is 4.13. The van der Waals surface area contributed by atoms with Crippen molar-refractivity contribution in [1.82, 2.24) is 9.78 Å². The highest BCUT2D eigenvalue weighted by Crippen LogP contribution is 2.26. The molecule has 2 atom stereocenters. The van der Waals surface area contributed by atoms with E-state index in [1.54, 1.807) is 11.8 Å². The molecule has 4 nitrogen and oxygen atoms in total. The highest BCUT2D eigenvalue weighted by molar-refractivity contribution is 5.04. The van der Waals surface area contributed by atoms with Crippen molar-refractivity contribution in [3.63, 3.8) is 0 Å². The van der Waals surface area contributed by atoms with E-state index in [-0.39, 0.29) is 11.5 Å². The van der Waals surface area contributed by atoms with Crippen molar-refractivity contribution in [1.29, 1.82) is 0 Å². The number of hydrogen-bond acceptors (Lipinski definition) is 3. The molecule has 0 aliphatic rings. The Bertz CT molecular complexity index is 341. The first kappa shape index (κ1) is 14.2. The zero-order valence-electron chi connectivity index (χ0n) is 11.5. The summed E-state index contributed by atoms with van der Waals surface area (Å²) in [5.41, 5.74) is 1.10. The normalized spacial score (nSPS) is 15.9. The Morgan fingerprint density at radius 2 is 2.12 bits per heavy atom. The Kier molecular flexibility index (Phi) is 4.71. The predicted octanol–water partition coefficient (Wildman–Crippen LogP) is 1.77. The second kappa shape index (κ2) is 5.65. The summed E-state index contributed by atoms with van der Waals surface area (Å²) in [5, 5.41) is 14.3. The number of methoxy groups -OCH3 is 1. The summed E-state index contributed by atoms with van der Waals surface area (Å²) in [6.07, 6.45) is 4.75. The number of aromatic nitrogens is 2. The zero-order valence-corrected chi connectivity index (χ0v) is 11.5. The molecular weight excluding hydrogens is 216 g/mol. The molecule has 0 aliphatic carbocycles. The maximum Gasteiger partial charge on any atom is 0.0878 e. The molecule has 0 spiro atoms. The van der Waals surface area contributed by atoms with Crippen molar-refractivity contribution in [3.8, 4) is 0 Å². The molecule has 0 amide bonds. The average molecular weight is 240 g/mol. The van der Waals surface area contributed by atoms with Gasteiger partial charge in [-0.15, -0.1) is 0 Å². The molecule has 1 N–H and O–H groups in total. The Morgan fingerprint density at radius 1 is 1.47 bits per heavy atom. The minimum Gasteiger partial charge on any atom is -0.390 e. The third-order valence-electron chi connectivity index (χ3n) is 2.94. The fourth-order valence-electron chi connectivity index (χ4n) is 2.15. The van der Waals surface area contributed by atoms with E-state index in [0.29, 0.717) is 6.42 Å². The lowest BCUT2D eigenvalue weighted by Crippen LogP contribution is -2.39. The van der Waals surface area contributed by atoms with E-state index < -0.39 is 6.10 Å². The number of aliphatic hydroxyl groups is 1. The van der Waals surface area contributed by atoms with Gasteiger partial charge in [-0.05, 0) is 23.8 Å². The van der Waals surface area contributed by atoms with Crippen LogP contribution in [0.4, 0.5) is 0 Å². The van der Waals surface area contributed by atoms with Gasteiger partial charge in [0.15, 0.2) is 0 Å². The van der Waals surface area contributed by atoms with E-state index in [4.69, 9.17) is 4.74 Å². The number of nitrogens with zero attached hydrogens (tertiary/aromatic N) is 2. The lowest BCUT2D eigenvalue weighted by Gasteiger charge is -2.33. The van der Waals surface area contributed by atoms with E-state index in [1.165, 1.54) is 0 Å². The van der Waals surface area contributed by atoms with Crippen LogP contribution in [-0.2, 0) is 18.2 Å². The van der Waals surface area contributed by atoms with Crippen LogP contribution in [0.5, 0.6) is 0 Å². The van der Waals surface area contributed by atoms with Gasteiger partial charge in [0, 0.05) is 20.4 Å². The smallest absolute Gasteiger partial charge is 0.0878 e. The van der Waals surface area contributed by atoms with Crippen LogP contribution in [0.25, 0.3) is 0 Å². The number of aryl methyl sites for hydroxylation is 2. The molecule has 1 rings (SSSR count). The minimum absolute atomic E-state index is 0.0525. The van der Waals surface area contributed by atoms with Gasteiger partial charge < -0.3 is 9.84 Å². The molecule has 4 heteroatoms. The largest absolute Gasteiger partial charge is 0.390 e. The Hall–Kier alpha value is -0.870. The van der Waals surface area contributed by atoms with Gasteiger partial charge >= 0.3 is 0 Å². The maximum absolute atomic E-state index is 10.2. The fraction of sp³-hybridized carbons (Fsp3) is 0.769. The molecule has 0 bridgehead atoms. The molecular formula is C13H24N2O2. The summed E-state index contributed by atoms with van der Waals surface area (Å²) in [4.78, 5) is 0. The highest BCUT2D eigenvalue weighted by Gasteiger charge is 2.30. The van der Waals surface area contributed by atoms with Crippen LogP contribution in [0, 0.1) is 5.41 Å². The standard InChI is InChI=1S/C13H24N2O2/c1-13(2,3)12(17-5)11(16)7-6-10-8-14-15(4)9-10/h8-9,11-12,16H,6-7H2,1-5H3. The van der Waals surface area contributed by atoms with Gasteiger partial charge in [0.05, 0.1) is 18.4 Å². The first-order valence-electron chi connectivity index (χ1n) is 6.03. The molecule has 0 saturated heterocycles. The number of rotatable bonds is 5. The van der Waals surface area contributed by atoms with Crippen molar-refractivity contribution in [2.75, 3.05) is 7.11 Å². The molecule has 17 heavy (non-hydrogen) atoms. The molecule has 1 aromatic rings. The van der Waals surface area contributed by atoms with Gasteiger partial charge in [0.2, 0.25) is 0 Å². The summed E-state index contributed by atoms with van der Waals surface area (Å²) in [5.74, 6) is 0. The molecule has 0 saturated carbocycles. The highest BCUT2D eigenvalue weighted by atomic mass is 16.5. The summed E-state index contributed by atoms with van der Waals surface area (Å²) in [6, 6.07) is 0. The van der Waals surface area contributed by atoms with E-state index in [9.17, 15) is 5.11 Å². The van der Waals surface area contributed by atoms with E-state index >= 15 is 0 Å². The molecule has 1 aromatic heterocycles. The van der Waals surface area contributed by atoms with E-state index in [2.05, 4.69) is 25.9 Å². The van der Waals surface area contributed by atoms with Crippen LogP contribution in [0.3, 0.4) is 0 Å². The van der Waals surface area contributed by atoms with E-state index in [1.807, 2.05) is 19.4 Å². The van der Waals surface area contributed by atoms with Crippen LogP contribution in [0.2, 0.25) is 0 Å². The van der Waals surface area contributed by atoms with Gasteiger partial charge in [0.25, 0.3) is 0 Å². The Labute approximate surface area is 104 Å². The summed E-state index contributed by atoms with van der Waals surface area (Å²) < 4.78 is 7.18. The first-order valence-corrected chi connectivity index (χ1v) is 6.03. The molecule has 2 unspecified atom stereocenters. The van der Waals surface area contributed by atoms with E-state index in [0.717, 1.165) is 12.0 Å². The average Bonchev–Trinajstić information content (AvgIpc) is 2.60. The molecule has 0 fully saturated rings. The van der Waals surface area contributed by atoms with Crippen molar-refractivity contribution in [2.24, 2.45) is 12.5 Å². The van der Waals surface area contributed by atoms with Crippen LogP contribution < -0.4 is 0 Å². The van der Waals surface area contributed by atoms with Gasteiger partial charge in [-0.1, -0.05) is 20.8 Å². The SMILES string of the molecule is COC(C(O)CCc1cnn(C)c1)C(C)(C)C. The fourth-order valence-corrected chi connectivity index (χ4v) is 2.15. The monoisotopic (exact) mass is 240 g/mol. The second-order valence-electron chi connectivity index (χ2n) is 5.65. The van der Waals surface area contributed by atoms with Gasteiger partial charge in [0.1, 0.15) is 0 Å². The molecule has 1 heterocycles. The summed E-state index contributed by atoms with van der Waals surface area (Å²) in [7, 11) is 3.55. The summed E-state index contributed by atoms with van der Waals surface area (Å²) in [6.45, 7) is 6.23. The van der Waals surface area contributed by atoms with Gasteiger partial charge in [-0.25, -0.2) is 0 Å². The van der Waals surface area contributed by atoms with Crippen LogP contribution in [0.1, 0.15) is 32.8 Å². The molecule has 0 aliphatic heterocycles. The second-order valence-corrected chi connectivity index (χ2v) is 5.65. The zero-order chi connectivity index (χ0) is 13.1. The third-order valence-corrected chi connectivity index (χ3v) is 2.94. The maximum atomic E-state index is 10.2. The number of aliphatic hydroxyl groups excluding tert-OH is 1. The number of ether oxygens (including phenoxy) is 1. The Morgan fingerprint density at radius 3 is 2.53 bits per heavy atom. The lowest BCUT2D eigenvalue weighted by atomic mass is 9.84. The predicted molar refractivity (Wildman–Crippen MR) is 67.8 cm³/mol. The molecule has 0 radical (unpaired) electrons. The minimum atomic E-state index is -0.444. The van der Waals surface area contributed by atoms with Crippen molar-refractivity contribution in [3.05, 3.63) is 18.0 Å². The van der Waals surface area contributed by atoms with Crippen LogP contribution in [-0.4, -0.2) is 34.2 Å². The van der Waals surface area contributed by atoms with Crippen molar-refractivity contribution in [2.45, 2.75) is 45.8 Å². The molecule has 0 aromatic carbocycles. The quantitative estimate of drug-likeness (QED) is 0.853. The van der Waals surface area contributed by atoms with Crippen molar-refractivity contribution >= 4 is 0 Å². The van der Waals surface area contributed by atoms with Crippen LogP contribution in [0.15, 0.2) is 12.4 Å². The summed E-state index contributed by atoms with van der Waals surface area (Å²) >= 11 is 0. The number of hydrogen-bond donors (Lipinski definition) is 1. The Balaban J connectivity index is 2.51. The lowest BCUT2D eigenvalue weighted by molar-refractivity contribution is -0.0729.